The van der Waals surface area contributed by atoms with Crippen LogP contribution in [0, 0.1) is 0 Å². The number of nitrogens with one attached hydrogen (secondary N) is 1. The van der Waals surface area contributed by atoms with E-state index in [0.29, 0.717) is 10.7 Å². The summed E-state index contributed by atoms with van der Waals surface area (Å²) in [6.07, 6.45) is -3.07. The molecule has 8 heteroatoms. The molecule has 1 aliphatic rings. The number of carbonyl (C=O) groups excluding carboxylic acids is 1. The van der Waals surface area contributed by atoms with Gasteiger partial charge in [0.05, 0.1) is 18.2 Å². The van der Waals surface area contributed by atoms with Crippen LogP contribution in [-0.2, 0) is 9.47 Å². The number of carbonyl (C=O) groups is 1. The summed E-state index contributed by atoms with van der Waals surface area (Å²) in [5.41, 5.74) is 0.416. The number of esters is 1. The molecule has 0 aliphatic carbocycles. The topological polar surface area (TPSA) is 91.3 Å². The lowest BCUT2D eigenvalue weighted by molar-refractivity contribution is -0.159. The predicted octanol–water partition coefficient (Wildman–Crippen LogP) is -0.231. The number of thiocarbonyl (C=S) groups is 1. The van der Waals surface area contributed by atoms with Gasteiger partial charge in [-0.3, -0.25) is 0 Å². The molecule has 4 atom stereocenters. The van der Waals surface area contributed by atoms with E-state index >= 15 is 0 Å². The fourth-order valence-electron chi connectivity index (χ4n) is 2.26. The number of ether oxygens (including phenoxy) is 2. The zero-order valence-corrected chi connectivity index (χ0v) is 14.4. The van der Waals surface area contributed by atoms with E-state index in [2.05, 4.69) is 5.32 Å². The van der Waals surface area contributed by atoms with Crippen LogP contribution in [0.1, 0.15) is 10.4 Å². The van der Waals surface area contributed by atoms with Gasteiger partial charge in [-0.1, -0.05) is 18.2 Å². The molecule has 0 spiro atoms. The molecule has 0 bridgehead atoms. The number of nitrogens with zero attached hydrogens (tertiary/aromatic N) is 1. The minimum Gasteiger partial charge on any atom is -0.459 e. The highest BCUT2D eigenvalue weighted by Crippen LogP contribution is 2.17. The summed E-state index contributed by atoms with van der Waals surface area (Å²) < 4.78 is 10.7. The lowest BCUT2D eigenvalue weighted by Gasteiger charge is -2.38. The van der Waals surface area contributed by atoms with Crippen LogP contribution >= 0.6 is 12.2 Å². The second kappa shape index (κ2) is 8.39. The third kappa shape index (κ3) is 4.64. The highest BCUT2D eigenvalue weighted by Gasteiger charge is 2.39. The first-order chi connectivity index (χ1) is 11.4. The molecule has 2 rings (SSSR count). The van der Waals surface area contributed by atoms with Gasteiger partial charge in [0.1, 0.15) is 24.9 Å². The maximum absolute atomic E-state index is 11.9. The highest BCUT2D eigenvalue weighted by atomic mass is 32.1. The highest BCUT2D eigenvalue weighted by molar-refractivity contribution is 7.80. The summed E-state index contributed by atoms with van der Waals surface area (Å²) in [5.74, 6) is -0.505. The van der Waals surface area contributed by atoms with Crippen LogP contribution in [0.5, 0.6) is 0 Å². The molecule has 0 saturated carbocycles. The molecule has 1 aliphatic heterocycles. The van der Waals surface area contributed by atoms with Crippen molar-refractivity contribution >= 4 is 23.3 Å². The van der Waals surface area contributed by atoms with Crippen molar-refractivity contribution in [1.82, 2.24) is 10.2 Å². The number of rotatable bonds is 4. The van der Waals surface area contributed by atoms with Crippen LogP contribution in [0.25, 0.3) is 0 Å². The molecule has 1 fully saturated rings. The summed E-state index contributed by atoms with van der Waals surface area (Å²) in [6, 6.07) is 8.00. The van der Waals surface area contributed by atoms with Crippen molar-refractivity contribution in [2.45, 2.75) is 24.4 Å². The van der Waals surface area contributed by atoms with Crippen LogP contribution in [0.3, 0.4) is 0 Å². The molecular formula is C16H22N2O5S. The van der Waals surface area contributed by atoms with E-state index in [-0.39, 0.29) is 13.2 Å². The van der Waals surface area contributed by atoms with Gasteiger partial charge >= 0.3 is 5.97 Å². The minimum absolute atomic E-state index is 0.139. The van der Waals surface area contributed by atoms with Gasteiger partial charge in [-0.05, 0) is 24.4 Å². The molecule has 0 radical (unpaired) electrons. The van der Waals surface area contributed by atoms with Crippen LogP contribution < -0.4 is 5.32 Å². The zero-order valence-electron chi connectivity index (χ0n) is 13.6. The molecule has 4 unspecified atom stereocenters. The van der Waals surface area contributed by atoms with Gasteiger partial charge in [-0.2, -0.15) is 0 Å². The third-order valence-corrected chi connectivity index (χ3v) is 4.22. The van der Waals surface area contributed by atoms with Gasteiger partial charge in [-0.15, -0.1) is 0 Å². The Labute approximate surface area is 146 Å². The number of aliphatic hydroxyl groups is 2. The predicted molar refractivity (Wildman–Crippen MR) is 91.7 cm³/mol. The maximum atomic E-state index is 11.9. The van der Waals surface area contributed by atoms with E-state index in [1.54, 1.807) is 49.3 Å². The summed E-state index contributed by atoms with van der Waals surface area (Å²) in [5, 5.41) is 23.7. The molecule has 1 aromatic carbocycles. The summed E-state index contributed by atoms with van der Waals surface area (Å²) in [7, 11) is 3.54. The van der Waals surface area contributed by atoms with Crippen molar-refractivity contribution in [3.63, 3.8) is 0 Å². The summed E-state index contributed by atoms with van der Waals surface area (Å²) in [4.78, 5) is 13.6. The van der Waals surface area contributed by atoms with Crippen molar-refractivity contribution < 1.29 is 24.5 Å². The van der Waals surface area contributed by atoms with Gasteiger partial charge in [0.15, 0.2) is 5.11 Å². The normalized spacial score (nSPS) is 26.5. The molecule has 1 saturated heterocycles. The number of hydrogen-bond donors (Lipinski definition) is 3. The largest absolute Gasteiger partial charge is 0.459 e. The Morgan fingerprint density at radius 1 is 1.33 bits per heavy atom. The van der Waals surface area contributed by atoms with E-state index < -0.39 is 30.3 Å². The molecule has 0 amide bonds. The van der Waals surface area contributed by atoms with Crippen molar-refractivity contribution in [1.29, 1.82) is 0 Å². The molecule has 1 aromatic rings. The second-order valence-electron chi connectivity index (χ2n) is 5.77. The van der Waals surface area contributed by atoms with Crippen LogP contribution in [0.2, 0.25) is 0 Å². The first-order valence-corrected chi connectivity index (χ1v) is 7.98. The summed E-state index contributed by atoms with van der Waals surface area (Å²) in [6.45, 7) is -0.00341. The van der Waals surface area contributed by atoms with Crippen molar-refractivity contribution in [3.8, 4) is 0 Å². The number of benzene rings is 1. The Morgan fingerprint density at radius 2 is 2.00 bits per heavy atom. The summed E-state index contributed by atoms with van der Waals surface area (Å²) >= 11 is 5.12. The Balaban J connectivity index is 1.86. The van der Waals surface area contributed by atoms with E-state index in [1.807, 2.05) is 0 Å². The smallest absolute Gasteiger partial charge is 0.338 e. The van der Waals surface area contributed by atoms with Crippen molar-refractivity contribution in [2.75, 3.05) is 27.3 Å². The first kappa shape index (κ1) is 18.6. The molecule has 24 heavy (non-hydrogen) atoms. The maximum Gasteiger partial charge on any atom is 0.338 e. The average molecular weight is 354 g/mol. The quantitative estimate of drug-likeness (QED) is 0.505. The standard InChI is InChI=1S/C16H22N2O5S/c1-18(2)16(24)17-11-8-22-12(14(20)13(11)19)9-23-15(21)10-6-4-3-5-7-10/h3-7,11-14,19-20H,8-9H2,1-2H3,(H,17,24). The minimum atomic E-state index is -1.19. The fourth-order valence-corrected chi connectivity index (χ4v) is 2.41. The zero-order chi connectivity index (χ0) is 17.7. The van der Waals surface area contributed by atoms with E-state index in [0.717, 1.165) is 0 Å². The molecule has 7 nitrogen and oxygen atoms in total. The molecule has 3 N–H and O–H groups in total. The molecule has 0 aromatic heterocycles. The van der Waals surface area contributed by atoms with Gasteiger partial charge in [0, 0.05) is 14.1 Å². The van der Waals surface area contributed by atoms with E-state index in [1.165, 1.54) is 0 Å². The average Bonchev–Trinajstić information content (AvgIpc) is 2.58. The van der Waals surface area contributed by atoms with E-state index in [4.69, 9.17) is 21.7 Å². The van der Waals surface area contributed by atoms with Crippen LogP contribution in [0.4, 0.5) is 0 Å². The van der Waals surface area contributed by atoms with Crippen molar-refractivity contribution in [3.05, 3.63) is 35.9 Å². The second-order valence-corrected chi connectivity index (χ2v) is 6.15. The SMILES string of the molecule is CN(C)C(=S)NC1COC(COC(=O)c2ccccc2)C(O)C1O. The van der Waals surface area contributed by atoms with Gasteiger partial charge < -0.3 is 29.9 Å². The van der Waals surface area contributed by atoms with Crippen LogP contribution in [0.15, 0.2) is 30.3 Å². The number of aliphatic hydroxyl groups excluding tert-OH is 2. The Bertz CT molecular complexity index is 569. The Morgan fingerprint density at radius 3 is 2.62 bits per heavy atom. The van der Waals surface area contributed by atoms with E-state index in [9.17, 15) is 15.0 Å². The lowest BCUT2D eigenvalue weighted by atomic mass is 9.98. The number of hydrogen-bond acceptors (Lipinski definition) is 6. The monoisotopic (exact) mass is 354 g/mol. The molecule has 132 valence electrons. The van der Waals surface area contributed by atoms with Gasteiger partial charge in [-0.25, -0.2) is 4.79 Å². The van der Waals surface area contributed by atoms with Gasteiger partial charge in [0.2, 0.25) is 0 Å². The van der Waals surface area contributed by atoms with Gasteiger partial charge in [0.25, 0.3) is 0 Å². The Hall–Kier alpha value is -1.74. The first-order valence-electron chi connectivity index (χ1n) is 7.58. The fraction of sp³-hybridized carbons (Fsp3) is 0.500. The Kier molecular flexibility index (Phi) is 6.50. The lowest BCUT2D eigenvalue weighted by Crippen LogP contribution is -2.61. The third-order valence-electron chi connectivity index (χ3n) is 3.74. The van der Waals surface area contributed by atoms with Crippen molar-refractivity contribution in [2.24, 2.45) is 0 Å². The van der Waals surface area contributed by atoms with Crippen LogP contribution in [-0.4, -0.2) is 77.9 Å². The molecule has 1 heterocycles. The molecular weight excluding hydrogens is 332 g/mol.